The Kier molecular flexibility index (Phi) is 4.99. The monoisotopic (exact) mass is 363 g/mol. The Balaban J connectivity index is 1.57. The minimum absolute atomic E-state index is 0.0476. The number of rotatable bonds is 4. The van der Waals surface area contributed by atoms with E-state index < -0.39 is 5.91 Å². The maximum absolute atomic E-state index is 12.4. The summed E-state index contributed by atoms with van der Waals surface area (Å²) in [4.78, 5) is 37.8. The predicted molar refractivity (Wildman–Crippen MR) is 95.6 cm³/mol. The van der Waals surface area contributed by atoms with E-state index in [9.17, 15) is 14.4 Å². The SMILES string of the molecule is CC(=O)Nc1cc(Cl)ccc1C(=O)NCC(=O)N1CCC2(CC1)CC2. The summed E-state index contributed by atoms with van der Waals surface area (Å²) in [6.07, 6.45) is 4.70. The van der Waals surface area contributed by atoms with Crippen molar-refractivity contribution in [3.63, 3.8) is 0 Å². The van der Waals surface area contributed by atoms with Crippen LogP contribution in [0.1, 0.15) is 43.0 Å². The Morgan fingerprint density at radius 2 is 1.84 bits per heavy atom. The van der Waals surface area contributed by atoms with Gasteiger partial charge in [-0.05, 0) is 49.3 Å². The maximum Gasteiger partial charge on any atom is 0.253 e. The molecule has 1 aromatic rings. The van der Waals surface area contributed by atoms with Crippen LogP contribution in [0.5, 0.6) is 0 Å². The summed E-state index contributed by atoms with van der Waals surface area (Å²) < 4.78 is 0. The smallest absolute Gasteiger partial charge is 0.253 e. The molecule has 2 N–H and O–H groups in total. The molecule has 1 aliphatic carbocycles. The molecule has 0 radical (unpaired) electrons. The van der Waals surface area contributed by atoms with Crippen LogP contribution in [0.25, 0.3) is 0 Å². The van der Waals surface area contributed by atoms with Gasteiger partial charge in [0.1, 0.15) is 0 Å². The van der Waals surface area contributed by atoms with Crippen LogP contribution in [-0.2, 0) is 9.59 Å². The van der Waals surface area contributed by atoms with Crippen LogP contribution in [0.15, 0.2) is 18.2 Å². The van der Waals surface area contributed by atoms with Crippen LogP contribution >= 0.6 is 11.6 Å². The molecule has 1 aromatic carbocycles. The number of halogens is 1. The predicted octanol–water partition coefficient (Wildman–Crippen LogP) is 2.43. The average Bonchev–Trinajstić information content (AvgIpc) is 3.31. The summed E-state index contributed by atoms with van der Waals surface area (Å²) in [5.41, 5.74) is 1.12. The van der Waals surface area contributed by atoms with Crippen molar-refractivity contribution in [3.8, 4) is 0 Å². The van der Waals surface area contributed by atoms with Gasteiger partial charge in [-0.15, -0.1) is 0 Å². The van der Waals surface area contributed by atoms with Crippen molar-refractivity contribution in [2.24, 2.45) is 5.41 Å². The number of carbonyl (C=O) groups is 3. The molecular weight excluding hydrogens is 342 g/mol. The summed E-state index contributed by atoms with van der Waals surface area (Å²) in [5.74, 6) is -0.780. The number of carbonyl (C=O) groups excluding carboxylic acids is 3. The lowest BCUT2D eigenvalue weighted by atomic mass is 9.94. The maximum atomic E-state index is 12.4. The van der Waals surface area contributed by atoms with Gasteiger partial charge < -0.3 is 15.5 Å². The Hall–Kier alpha value is -2.08. The number of nitrogens with zero attached hydrogens (tertiary/aromatic N) is 1. The second-order valence-corrected chi connectivity index (χ2v) is 7.37. The summed E-state index contributed by atoms with van der Waals surface area (Å²) in [7, 11) is 0. The number of benzene rings is 1. The fourth-order valence-corrected chi connectivity index (χ4v) is 3.45. The summed E-state index contributed by atoms with van der Waals surface area (Å²) in [6.45, 7) is 2.85. The quantitative estimate of drug-likeness (QED) is 0.862. The van der Waals surface area contributed by atoms with Crippen LogP contribution < -0.4 is 10.6 Å². The number of piperidine rings is 1. The van der Waals surface area contributed by atoms with Gasteiger partial charge >= 0.3 is 0 Å². The number of likely N-dealkylation sites (tertiary alicyclic amines) is 1. The topological polar surface area (TPSA) is 78.5 Å². The van der Waals surface area contributed by atoms with Gasteiger partial charge in [0.25, 0.3) is 5.91 Å². The van der Waals surface area contributed by atoms with Crippen LogP contribution in [-0.4, -0.2) is 42.3 Å². The van der Waals surface area contributed by atoms with Gasteiger partial charge in [-0.25, -0.2) is 0 Å². The molecule has 0 bridgehead atoms. The van der Waals surface area contributed by atoms with Crippen LogP contribution in [0.3, 0.4) is 0 Å². The van der Waals surface area contributed by atoms with E-state index in [4.69, 9.17) is 11.6 Å². The number of hydrogen-bond acceptors (Lipinski definition) is 3. The fraction of sp³-hybridized carbons (Fsp3) is 0.500. The van der Waals surface area contributed by atoms with Gasteiger partial charge in [0, 0.05) is 25.0 Å². The first-order valence-corrected chi connectivity index (χ1v) is 8.89. The molecule has 0 unspecified atom stereocenters. The first-order chi connectivity index (χ1) is 11.9. The molecule has 3 amide bonds. The number of hydrogen-bond donors (Lipinski definition) is 2. The largest absolute Gasteiger partial charge is 0.343 e. The van der Waals surface area contributed by atoms with Crippen molar-refractivity contribution < 1.29 is 14.4 Å². The van der Waals surface area contributed by atoms with Gasteiger partial charge in [0.2, 0.25) is 11.8 Å². The zero-order valence-corrected chi connectivity index (χ0v) is 15.0. The third-order valence-electron chi connectivity index (χ3n) is 5.07. The summed E-state index contributed by atoms with van der Waals surface area (Å²) in [6, 6.07) is 4.62. The third-order valence-corrected chi connectivity index (χ3v) is 5.31. The molecule has 134 valence electrons. The van der Waals surface area contributed by atoms with Crippen molar-refractivity contribution in [2.75, 3.05) is 25.0 Å². The molecule has 1 spiro atoms. The normalized spacial score (nSPS) is 17.9. The lowest BCUT2D eigenvalue weighted by Gasteiger charge is -2.32. The van der Waals surface area contributed by atoms with E-state index in [1.165, 1.54) is 31.9 Å². The Morgan fingerprint density at radius 3 is 2.44 bits per heavy atom. The van der Waals surface area contributed by atoms with Gasteiger partial charge in [-0.2, -0.15) is 0 Å². The highest BCUT2D eigenvalue weighted by molar-refractivity contribution is 6.31. The molecule has 0 aromatic heterocycles. The minimum Gasteiger partial charge on any atom is -0.343 e. The van der Waals surface area contributed by atoms with Crippen molar-refractivity contribution in [2.45, 2.75) is 32.6 Å². The Labute approximate surface area is 151 Å². The van der Waals surface area contributed by atoms with Crippen LogP contribution in [0.4, 0.5) is 5.69 Å². The van der Waals surface area contributed by atoms with Crippen molar-refractivity contribution in [1.82, 2.24) is 10.2 Å². The summed E-state index contributed by atoms with van der Waals surface area (Å²) >= 11 is 5.92. The zero-order chi connectivity index (χ0) is 18.0. The highest BCUT2D eigenvalue weighted by Gasteiger charge is 2.44. The van der Waals surface area contributed by atoms with E-state index >= 15 is 0 Å². The number of nitrogens with one attached hydrogen (secondary N) is 2. The van der Waals surface area contributed by atoms with Crippen LogP contribution in [0, 0.1) is 5.41 Å². The van der Waals surface area contributed by atoms with Gasteiger partial charge in [0.05, 0.1) is 17.8 Å². The highest BCUT2D eigenvalue weighted by atomic mass is 35.5. The van der Waals surface area contributed by atoms with E-state index in [0.717, 1.165) is 25.9 Å². The molecule has 3 rings (SSSR count). The molecule has 0 atom stereocenters. The first-order valence-electron chi connectivity index (χ1n) is 8.52. The van der Waals surface area contributed by atoms with Crippen molar-refractivity contribution in [1.29, 1.82) is 0 Å². The first kappa shape index (κ1) is 17.7. The Morgan fingerprint density at radius 1 is 1.16 bits per heavy atom. The van der Waals surface area contributed by atoms with Crippen molar-refractivity contribution >= 4 is 35.0 Å². The lowest BCUT2D eigenvalue weighted by molar-refractivity contribution is -0.131. The van der Waals surface area contributed by atoms with Crippen molar-refractivity contribution in [3.05, 3.63) is 28.8 Å². The second-order valence-electron chi connectivity index (χ2n) is 6.93. The molecule has 1 heterocycles. The molecule has 2 aliphatic rings. The van der Waals surface area contributed by atoms with E-state index in [1.54, 1.807) is 6.07 Å². The molecular formula is C18H22ClN3O3. The lowest BCUT2D eigenvalue weighted by Crippen LogP contribution is -2.44. The molecule has 6 nitrogen and oxygen atoms in total. The molecule has 1 saturated carbocycles. The Bertz CT molecular complexity index is 706. The second kappa shape index (κ2) is 7.04. The third kappa shape index (κ3) is 4.31. The zero-order valence-electron chi connectivity index (χ0n) is 14.2. The summed E-state index contributed by atoms with van der Waals surface area (Å²) in [5, 5.41) is 5.64. The average molecular weight is 364 g/mol. The standard InChI is InChI=1S/C18H22ClN3O3/c1-12(23)21-15-10-13(19)2-3-14(15)17(25)20-11-16(24)22-8-6-18(4-5-18)7-9-22/h2-3,10H,4-9,11H2,1H3,(H,20,25)(H,21,23). The fourth-order valence-electron chi connectivity index (χ4n) is 3.28. The van der Waals surface area contributed by atoms with Gasteiger partial charge in [0.15, 0.2) is 0 Å². The molecule has 7 heteroatoms. The van der Waals surface area contributed by atoms with E-state index in [0.29, 0.717) is 16.1 Å². The molecule has 1 aliphatic heterocycles. The van der Waals surface area contributed by atoms with Gasteiger partial charge in [-0.3, -0.25) is 14.4 Å². The van der Waals surface area contributed by atoms with E-state index in [1.807, 2.05) is 4.90 Å². The molecule has 1 saturated heterocycles. The van der Waals surface area contributed by atoms with Gasteiger partial charge in [-0.1, -0.05) is 11.6 Å². The van der Waals surface area contributed by atoms with E-state index in [-0.39, 0.29) is 23.9 Å². The molecule has 2 fully saturated rings. The minimum atomic E-state index is -0.413. The van der Waals surface area contributed by atoms with Crippen LogP contribution in [0.2, 0.25) is 5.02 Å². The van der Waals surface area contributed by atoms with E-state index in [2.05, 4.69) is 10.6 Å². The highest BCUT2D eigenvalue weighted by Crippen LogP contribution is 2.53. The molecule has 25 heavy (non-hydrogen) atoms. The number of anilines is 1. The number of amides is 3.